The van der Waals surface area contributed by atoms with Gasteiger partial charge in [0.2, 0.25) is 0 Å². The number of morpholine rings is 1. The molecule has 2 heterocycles. The van der Waals surface area contributed by atoms with Gasteiger partial charge in [-0.2, -0.15) is 0 Å². The van der Waals surface area contributed by atoms with Gasteiger partial charge in [-0.3, -0.25) is 9.69 Å². The highest BCUT2D eigenvalue weighted by molar-refractivity contribution is 6.31. The number of rotatable bonds is 5. The molecule has 1 aromatic carbocycles. The SMILES string of the molecule is COc1cc(Cl)cc(C(=O)N2CCCC[C@@H]2CCN2CCOCC2)c1. The first-order valence-corrected chi connectivity index (χ1v) is 9.51. The van der Waals surface area contributed by atoms with Crippen molar-refractivity contribution in [2.24, 2.45) is 0 Å². The molecular weight excluding hydrogens is 340 g/mol. The van der Waals surface area contributed by atoms with E-state index < -0.39 is 0 Å². The minimum atomic E-state index is 0.0625. The molecule has 0 bridgehead atoms. The molecule has 0 unspecified atom stereocenters. The zero-order valence-corrected chi connectivity index (χ0v) is 15.6. The van der Waals surface area contributed by atoms with Crippen molar-refractivity contribution in [2.75, 3.05) is 46.5 Å². The minimum absolute atomic E-state index is 0.0625. The molecule has 2 fully saturated rings. The molecule has 2 aliphatic heterocycles. The van der Waals surface area contributed by atoms with Crippen LogP contribution in [0.4, 0.5) is 0 Å². The highest BCUT2D eigenvalue weighted by Gasteiger charge is 2.28. The second kappa shape index (κ2) is 8.88. The summed E-state index contributed by atoms with van der Waals surface area (Å²) in [7, 11) is 1.59. The fourth-order valence-electron chi connectivity index (χ4n) is 3.69. The lowest BCUT2D eigenvalue weighted by Gasteiger charge is -2.37. The predicted molar refractivity (Wildman–Crippen MR) is 98.6 cm³/mol. The lowest BCUT2D eigenvalue weighted by molar-refractivity contribution is 0.0295. The van der Waals surface area contributed by atoms with Crippen LogP contribution in [0.25, 0.3) is 0 Å². The van der Waals surface area contributed by atoms with Crippen LogP contribution in [-0.2, 0) is 4.74 Å². The van der Waals surface area contributed by atoms with Gasteiger partial charge in [0.1, 0.15) is 5.75 Å². The second-order valence-electron chi connectivity index (χ2n) is 6.77. The number of hydrogen-bond acceptors (Lipinski definition) is 4. The summed E-state index contributed by atoms with van der Waals surface area (Å²) in [5, 5.41) is 0.532. The van der Waals surface area contributed by atoms with Crippen LogP contribution in [0.2, 0.25) is 5.02 Å². The summed E-state index contributed by atoms with van der Waals surface area (Å²) in [5.74, 6) is 0.685. The van der Waals surface area contributed by atoms with Crippen LogP contribution >= 0.6 is 11.6 Å². The predicted octanol–water partition coefficient (Wildman–Crippen LogP) is 3.07. The number of carbonyl (C=O) groups is 1. The number of methoxy groups -OCH3 is 1. The molecular formula is C19H27ClN2O3. The largest absolute Gasteiger partial charge is 0.497 e. The molecule has 25 heavy (non-hydrogen) atoms. The quantitative estimate of drug-likeness (QED) is 0.803. The van der Waals surface area contributed by atoms with Crippen molar-refractivity contribution in [2.45, 2.75) is 31.7 Å². The van der Waals surface area contributed by atoms with Gasteiger partial charge in [-0.1, -0.05) is 11.6 Å². The Labute approximate surface area is 154 Å². The number of benzene rings is 1. The zero-order chi connectivity index (χ0) is 17.6. The summed E-state index contributed by atoms with van der Waals surface area (Å²) in [6.45, 7) is 5.46. The lowest BCUT2D eigenvalue weighted by atomic mass is 9.97. The molecule has 5 nitrogen and oxygen atoms in total. The first-order chi connectivity index (χ1) is 12.2. The van der Waals surface area contributed by atoms with E-state index in [-0.39, 0.29) is 5.91 Å². The van der Waals surface area contributed by atoms with Crippen molar-refractivity contribution in [3.8, 4) is 5.75 Å². The number of nitrogens with zero attached hydrogens (tertiary/aromatic N) is 2. The molecule has 0 saturated carbocycles. The van der Waals surface area contributed by atoms with Crippen LogP contribution in [-0.4, -0.2) is 68.3 Å². The van der Waals surface area contributed by atoms with Crippen LogP contribution < -0.4 is 4.74 Å². The van der Waals surface area contributed by atoms with E-state index >= 15 is 0 Å². The van der Waals surface area contributed by atoms with Gasteiger partial charge in [0.15, 0.2) is 0 Å². The van der Waals surface area contributed by atoms with Crippen molar-refractivity contribution < 1.29 is 14.3 Å². The highest BCUT2D eigenvalue weighted by Crippen LogP contribution is 2.26. The monoisotopic (exact) mass is 366 g/mol. The van der Waals surface area contributed by atoms with E-state index in [9.17, 15) is 4.79 Å². The van der Waals surface area contributed by atoms with Gasteiger partial charge >= 0.3 is 0 Å². The Kier molecular flexibility index (Phi) is 6.57. The fourth-order valence-corrected chi connectivity index (χ4v) is 3.92. The van der Waals surface area contributed by atoms with E-state index in [2.05, 4.69) is 4.90 Å². The summed E-state index contributed by atoms with van der Waals surface area (Å²) in [6.07, 6.45) is 4.35. The van der Waals surface area contributed by atoms with Gasteiger partial charge in [-0.25, -0.2) is 0 Å². The first kappa shape index (κ1) is 18.5. The smallest absolute Gasteiger partial charge is 0.254 e. The third-order valence-corrected chi connectivity index (χ3v) is 5.34. The number of halogens is 1. The number of carbonyl (C=O) groups excluding carboxylic acids is 1. The van der Waals surface area contributed by atoms with E-state index in [1.54, 1.807) is 25.3 Å². The number of hydrogen-bond donors (Lipinski definition) is 0. The third kappa shape index (κ3) is 4.87. The maximum Gasteiger partial charge on any atom is 0.254 e. The van der Waals surface area contributed by atoms with Crippen LogP contribution in [0.1, 0.15) is 36.0 Å². The summed E-state index contributed by atoms with van der Waals surface area (Å²) in [4.78, 5) is 17.5. The molecule has 2 saturated heterocycles. The normalized spacial score (nSPS) is 22.0. The molecule has 3 rings (SSSR count). The molecule has 0 N–H and O–H groups in total. The summed E-state index contributed by atoms with van der Waals surface area (Å²) in [5.41, 5.74) is 0.614. The van der Waals surface area contributed by atoms with Crippen molar-refractivity contribution >= 4 is 17.5 Å². The van der Waals surface area contributed by atoms with Gasteiger partial charge in [0.05, 0.1) is 20.3 Å². The van der Waals surface area contributed by atoms with Gasteiger partial charge in [0.25, 0.3) is 5.91 Å². The number of ether oxygens (including phenoxy) is 2. The maximum absolute atomic E-state index is 13.1. The standard InChI is InChI=1S/C19H27ClN2O3/c1-24-18-13-15(12-16(20)14-18)19(23)22-6-3-2-4-17(22)5-7-21-8-10-25-11-9-21/h12-14,17H,2-11H2,1H3/t17-/m1/s1. The van der Waals surface area contributed by atoms with E-state index in [1.165, 1.54) is 6.42 Å². The molecule has 2 aliphatic rings. The van der Waals surface area contributed by atoms with Gasteiger partial charge in [0, 0.05) is 42.8 Å². The molecule has 0 radical (unpaired) electrons. The van der Waals surface area contributed by atoms with Crippen LogP contribution in [0.5, 0.6) is 5.75 Å². The zero-order valence-electron chi connectivity index (χ0n) is 14.9. The Balaban J connectivity index is 1.67. The van der Waals surface area contributed by atoms with Gasteiger partial charge in [-0.05, 0) is 43.9 Å². The van der Waals surface area contributed by atoms with Crippen molar-refractivity contribution in [3.05, 3.63) is 28.8 Å². The molecule has 0 spiro atoms. The van der Waals surface area contributed by atoms with E-state index in [0.29, 0.717) is 22.4 Å². The Morgan fingerprint density at radius 3 is 2.80 bits per heavy atom. The molecule has 1 atom stereocenters. The average Bonchev–Trinajstić information content (AvgIpc) is 2.66. The molecule has 138 valence electrons. The Hall–Kier alpha value is -1.30. The first-order valence-electron chi connectivity index (χ1n) is 9.13. The molecule has 1 aromatic rings. The topological polar surface area (TPSA) is 42.0 Å². The Bertz CT molecular complexity index is 590. The summed E-state index contributed by atoms with van der Waals surface area (Å²) < 4.78 is 10.7. The molecule has 6 heteroatoms. The number of likely N-dealkylation sites (tertiary alicyclic amines) is 1. The third-order valence-electron chi connectivity index (χ3n) is 5.12. The lowest BCUT2D eigenvalue weighted by Crippen LogP contribution is -2.46. The fraction of sp³-hybridized carbons (Fsp3) is 0.632. The van der Waals surface area contributed by atoms with Crippen LogP contribution in [0.15, 0.2) is 18.2 Å². The van der Waals surface area contributed by atoms with Crippen molar-refractivity contribution in [1.82, 2.24) is 9.80 Å². The highest BCUT2D eigenvalue weighted by atomic mass is 35.5. The molecule has 0 aromatic heterocycles. The van der Waals surface area contributed by atoms with Crippen LogP contribution in [0, 0.1) is 0 Å². The number of amides is 1. The molecule has 0 aliphatic carbocycles. The van der Waals surface area contributed by atoms with Crippen molar-refractivity contribution in [1.29, 1.82) is 0 Å². The second-order valence-corrected chi connectivity index (χ2v) is 7.21. The Morgan fingerprint density at radius 1 is 1.24 bits per heavy atom. The average molecular weight is 367 g/mol. The summed E-state index contributed by atoms with van der Waals surface area (Å²) >= 11 is 6.14. The van der Waals surface area contributed by atoms with Gasteiger partial charge < -0.3 is 14.4 Å². The number of piperidine rings is 1. The molecule has 1 amide bonds. The Morgan fingerprint density at radius 2 is 2.04 bits per heavy atom. The van der Waals surface area contributed by atoms with Gasteiger partial charge in [-0.15, -0.1) is 0 Å². The summed E-state index contributed by atoms with van der Waals surface area (Å²) in [6, 6.07) is 5.54. The van der Waals surface area contributed by atoms with E-state index in [1.807, 2.05) is 4.90 Å². The minimum Gasteiger partial charge on any atom is -0.497 e. The van der Waals surface area contributed by atoms with Crippen LogP contribution in [0.3, 0.4) is 0 Å². The maximum atomic E-state index is 13.1. The van der Waals surface area contributed by atoms with E-state index in [4.69, 9.17) is 21.1 Å². The van der Waals surface area contributed by atoms with E-state index in [0.717, 1.165) is 58.7 Å². The van der Waals surface area contributed by atoms with Crippen molar-refractivity contribution in [3.63, 3.8) is 0 Å².